The van der Waals surface area contributed by atoms with Gasteiger partial charge in [0.25, 0.3) is 0 Å². The molecule has 0 radical (unpaired) electrons. The first kappa shape index (κ1) is 25.3. The average Bonchev–Trinajstić information content (AvgIpc) is 3.25. The number of aryl methyl sites for hydroxylation is 2. The zero-order chi connectivity index (χ0) is 24.8. The summed E-state index contributed by atoms with van der Waals surface area (Å²) >= 11 is 6.21. The highest BCUT2D eigenvalue weighted by Crippen LogP contribution is 2.36. The van der Waals surface area contributed by atoms with E-state index in [0.717, 1.165) is 60.1 Å². The van der Waals surface area contributed by atoms with Gasteiger partial charge in [0, 0.05) is 54.8 Å². The summed E-state index contributed by atoms with van der Waals surface area (Å²) in [5, 5.41) is 7.94. The number of carbonyl (C=O) groups is 1. The molecule has 0 aliphatic carbocycles. The summed E-state index contributed by atoms with van der Waals surface area (Å²) in [6, 6.07) is 15.9. The summed E-state index contributed by atoms with van der Waals surface area (Å²) in [6.45, 7) is 7.73. The number of nitrogens with zero attached hydrogens (tertiary/aromatic N) is 3. The predicted molar refractivity (Wildman–Crippen MR) is 139 cm³/mol. The molecule has 0 saturated carbocycles. The van der Waals surface area contributed by atoms with Crippen molar-refractivity contribution in [3.8, 4) is 5.75 Å². The highest BCUT2D eigenvalue weighted by atomic mass is 35.5. The third-order valence-corrected chi connectivity index (χ3v) is 7.38. The standard InChI is InChI=1S/C28H35ClN4O2/c1-21-14-25(10-11-26(21)29)35-20-28(15-27(34)32(3)17-23-8-5-4-6-9-23)12-7-13-33(19-28)18-24-16-30-31-22(24)2/h4-6,8-11,14,16H,7,12-13,15,17-20H2,1-3H3,(H,30,31). The van der Waals surface area contributed by atoms with Gasteiger partial charge in [-0.3, -0.25) is 14.8 Å². The highest BCUT2D eigenvalue weighted by molar-refractivity contribution is 6.31. The second-order valence-electron chi connectivity index (χ2n) is 9.95. The first-order valence-electron chi connectivity index (χ1n) is 12.2. The largest absolute Gasteiger partial charge is 0.493 e. The molecule has 4 rings (SSSR count). The lowest BCUT2D eigenvalue weighted by atomic mass is 9.77. The number of ether oxygens (including phenoxy) is 1. The third-order valence-electron chi connectivity index (χ3n) is 6.96. The van der Waals surface area contributed by atoms with Crippen molar-refractivity contribution in [2.45, 2.75) is 46.2 Å². The molecule has 1 aliphatic rings. The average molecular weight is 495 g/mol. The van der Waals surface area contributed by atoms with Crippen LogP contribution < -0.4 is 4.74 Å². The number of carbonyl (C=O) groups excluding carboxylic acids is 1. The molecule has 3 aromatic rings. The molecule has 1 aromatic heterocycles. The fraction of sp³-hybridized carbons (Fsp3) is 0.429. The number of likely N-dealkylation sites (tertiary alicyclic amines) is 1. The molecule has 1 aliphatic heterocycles. The molecule has 2 aromatic carbocycles. The molecule has 1 amide bonds. The smallest absolute Gasteiger partial charge is 0.223 e. The Bertz CT molecular complexity index is 1130. The topological polar surface area (TPSA) is 61.5 Å². The summed E-state index contributed by atoms with van der Waals surface area (Å²) in [4.78, 5) is 17.7. The highest BCUT2D eigenvalue weighted by Gasteiger charge is 2.39. The summed E-state index contributed by atoms with van der Waals surface area (Å²) < 4.78 is 6.32. The summed E-state index contributed by atoms with van der Waals surface area (Å²) in [5.41, 5.74) is 4.13. The van der Waals surface area contributed by atoms with Crippen LogP contribution in [0.15, 0.2) is 54.7 Å². The van der Waals surface area contributed by atoms with Gasteiger partial charge in [-0.05, 0) is 62.6 Å². The predicted octanol–water partition coefficient (Wildman–Crippen LogP) is 5.39. The SMILES string of the molecule is Cc1cc(OCC2(CC(=O)N(C)Cc3ccccc3)CCCN(Cc3cn[nH]c3C)C2)ccc1Cl. The van der Waals surface area contributed by atoms with Crippen molar-refractivity contribution in [3.05, 3.63) is 82.1 Å². The van der Waals surface area contributed by atoms with Crippen molar-refractivity contribution in [1.29, 1.82) is 0 Å². The van der Waals surface area contributed by atoms with Crippen LogP contribution in [0.3, 0.4) is 0 Å². The molecule has 0 spiro atoms. The van der Waals surface area contributed by atoms with E-state index in [9.17, 15) is 4.79 Å². The van der Waals surface area contributed by atoms with Crippen LogP contribution in [0.1, 0.15) is 41.6 Å². The van der Waals surface area contributed by atoms with Gasteiger partial charge in [-0.15, -0.1) is 0 Å². The zero-order valence-electron chi connectivity index (χ0n) is 20.9. The van der Waals surface area contributed by atoms with Crippen molar-refractivity contribution in [3.63, 3.8) is 0 Å². The van der Waals surface area contributed by atoms with Crippen molar-refractivity contribution >= 4 is 17.5 Å². The third kappa shape index (κ3) is 6.65. The minimum Gasteiger partial charge on any atom is -0.493 e. The van der Waals surface area contributed by atoms with E-state index < -0.39 is 0 Å². The van der Waals surface area contributed by atoms with Crippen LogP contribution in [0, 0.1) is 19.3 Å². The van der Waals surface area contributed by atoms with E-state index in [1.54, 1.807) is 0 Å². The van der Waals surface area contributed by atoms with Crippen molar-refractivity contribution in [2.24, 2.45) is 5.41 Å². The minimum absolute atomic E-state index is 0.145. The molecule has 35 heavy (non-hydrogen) atoms. The Morgan fingerprint density at radius 3 is 2.74 bits per heavy atom. The van der Waals surface area contributed by atoms with E-state index in [1.165, 1.54) is 5.56 Å². The lowest BCUT2D eigenvalue weighted by Crippen LogP contribution is -2.48. The van der Waals surface area contributed by atoms with Crippen LogP contribution in [0.2, 0.25) is 5.02 Å². The maximum Gasteiger partial charge on any atom is 0.223 e. The number of halogens is 1. The summed E-state index contributed by atoms with van der Waals surface area (Å²) in [7, 11) is 1.89. The monoisotopic (exact) mass is 494 g/mol. The number of rotatable bonds is 9. The van der Waals surface area contributed by atoms with Gasteiger partial charge in [-0.1, -0.05) is 41.9 Å². The number of amides is 1. The van der Waals surface area contributed by atoms with Crippen molar-refractivity contribution in [1.82, 2.24) is 20.0 Å². The van der Waals surface area contributed by atoms with Crippen LogP contribution in [0.25, 0.3) is 0 Å². The number of benzene rings is 2. The number of H-pyrrole nitrogens is 1. The zero-order valence-corrected chi connectivity index (χ0v) is 21.6. The number of nitrogens with one attached hydrogen (secondary N) is 1. The van der Waals surface area contributed by atoms with Crippen LogP contribution >= 0.6 is 11.6 Å². The Morgan fingerprint density at radius 2 is 2.03 bits per heavy atom. The number of aromatic nitrogens is 2. The van der Waals surface area contributed by atoms with E-state index in [-0.39, 0.29) is 11.3 Å². The Balaban J connectivity index is 1.50. The second-order valence-corrected chi connectivity index (χ2v) is 10.4. The molecule has 2 heterocycles. The number of hydrogen-bond donors (Lipinski definition) is 1. The van der Waals surface area contributed by atoms with Crippen LogP contribution in [-0.2, 0) is 17.9 Å². The van der Waals surface area contributed by atoms with Gasteiger partial charge in [0.1, 0.15) is 5.75 Å². The van der Waals surface area contributed by atoms with Gasteiger partial charge in [0.05, 0.1) is 12.8 Å². The van der Waals surface area contributed by atoms with Gasteiger partial charge in [0.15, 0.2) is 0 Å². The molecule has 1 N–H and O–H groups in total. The first-order valence-corrected chi connectivity index (χ1v) is 12.6. The van der Waals surface area contributed by atoms with E-state index in [4.69, 9.17) is 16.3 Å². The van der Waals surface area contributed by atoms with E-state index >= 15 is 0 Å². The second kappa shape index (κ2) is 11.3. The van der Waals surface area contributed by atoms with Gasteiger partial charge in [-0.25, -0.2) is 0 Å². The molecule has 1 fully saturated rings. The van der Waals surface area contributed by atoms with Crippen LogP contribution in [0.4, 0.5) is 0 Å². The summed E-state index contributed by atoms with van der Waals surface area (Å²) in [5.74, 6) is 0.935. The van der Waals surface area contributed by atoms with Gasteiger partial charge in [-0.2, -0.15) is 5.10 Å². The van der Waals surface area contributed by atoms with Crippen LogP contribution in [0.5, 0.6) is 5.75 Å². The Kier molecular flexibility index (Phi) is 8.14. The molecule has 1 saturated heterocycles. The number of aromatic amines is 1. The van der Waals surface area contributed by atoms with E-state index in [2.05, 4.69) is 27.2 Å². The first-order chi connectivity index (χ1) is 16.8. The minimum atomic E-state index is -0.272. The van der Waals surface area contributed by atoms with Crippen LogP contribution in [-0.4, -0.2) is 52.6 Å². The molecule has 6 nitrogen and oxygen atoms in total. The van der Waals surface area contributed by atoms with E-state index in [0.29, 0.717) is 19.6 Å². The van der Waals surface area contributed by atoms with Gasteiger partial charge < -0.3 is 9.64 Å². The molecule has 7 heteroatoms. The van der Waals surface area contributed by atoms with Gasteiger partial charge in [0.2, 0.25) is 5.91 Å². The Hall–Kier alpha value is -2.83. The lowest BCUT2D eigenvalue weighted by molar-refractivity contribution is -0.135. The Labute approximate surface area is 213 Å². The fourth-order valence-corrected chi connectivity index (χ4v) is 5.00. The number of piperidine rings is 1. The number of hydrogen-bond acceptors (Lipinski definition) is 4. The normalized spacial score (nSPS) is 18.4. The van der Waals surface area contributed by atoms with Gasteiger partial charge >= 0.3 is 0 Å². The fourth-order valence-electron chi connectivity index (χ4n) is 4.88. The molecule has 1 atom stereocenters. The molecular weight excluding hydrogens is 460 g/mol. The van der Waals surface area contributed by atoms with Crippen molar-refractivity contribution < 1.29 is 9.53 Å². The van der Waals surface area contributed by atoms with E-state index in [1.807, 2.05) is 68.4 Å². The quantitative estimate of drug-likeness (QED) is 0.433. The molecular formula is C28H35ClN4O2. The maximum atomic E-state index is 13.4. The molecule has 0 bridgehead atoms. The molecule has 1 unspecified atom stereocenters. The Morgan fingerprint density at radius 1 is 1.23 bits per heavy atom. The lowest BCUT2D eigenvalue weighted by Gasteiger charge is -2.43. The molecule has 186 valence electrons. The summed E-state index contributed by atoms with van der Waals surface area (Å²) in [6.07, 6.45) is 4.32. The van der Waals surface area contributed by atoms with Crippen molar-refractivity contribution in [2.75, 3.05) is 26.7 Å². The maximum absolute atomic E-state index is 13.4.